The molecule has 0 spiro atoms. The van der Waals surface area contributed by atoms with E-state index in [1.165, 1.54) is 0 Å². The third kappa shape index (κ3) is 3.68. The zero-order chi connectivity index (χ0) is 19.5. The van der Waals surface area contributed by atoms with E-state index in [0.717, 1.165) is 11.4 Å². The van der Waals surface area contributed by atoms with Crippen molar-refractivity contribution in [1.29, 1.82) is 0 Å². The van der Waals surface area contributed by atoms with E-state index in [1.54, 1.807) is 18.3 Å². The van der Waals surface area contributed by atoms with E-state index >= 15 is 0 Å². The molecule has 3 N–H and O–H groups in total. The first-order chi connectivity index (χ1) is 13.7. The standard InChI is InChI=1S/C20H23FN6O/c1-2-23-20(28)13-7-9-27-17(12-24-19(27)10-13)15-4-3-5-18(25-15)26-16-11-22-8-6-14(16)21/h3-5,7,9-10,12,14,16,22H,2,6,8,11H2,1H3,(H,23,28)(H,25,26). The van der Waals surface area contributed by atoms with Gasteiger partial charge >= 0.3 is 0 Å². The monoisotopic (exact) mass is 382 g/mol. The molecule has 0 aliphatic carbocycles. The van der Waals surface area contributed by atoms with E-state index in [-0.39, 0.29) is 11.9 Å². The first-order valence-electron chi connectivity index (χ1n) is 9.50. The Bertz CT molecular complexity index is 988. The highest BCUT2D eigenvalue weighted by molar-refractivity contribution is 5.95. The number of hydrogen-bond donors (Lipinski definition) is 3. The number of alkyl halides is 1. The van der Waals surface area contributed by atoms with Gasteiger partial charge in [0, 0.05) is 24.8 Å². The fourth-order valence-corrected chi connectivity index (χ4v) is 3.39. The number of carbonyl (C=O) groups is 1. The van der Waals surface area contributed by atoms with Crippen LogP contribution in [-0.2, 0) is 0 Å². The number of nitrogens with zero attached hydrogens (tertiary/aromatic N) is 3. The van der Waals surface area contributed by atoms with Crippen molar-refractivity contribution in [3.8, 4) is 11.4 Å². The number of imidazole rings is 1. The molecule has 1 amide bonds. The molecule has 7 nitrogen and oxygen atoms in total. The lowest BCUT2D eigenvalue weighted by Crippen LogP contribution is -2.46. The van der Waals surface area contributed by atoms with Gasteiger partial charge in [-0.1, -0.05) is 6.07 Å². The number of nitrogens with one attached hydrogen (secondary N) is 3. The molecule has 1 fully saturated rings. The fraction of sp³-hybridized carbons (Fsp3) is 0.350. The van der Waals surface area contributed by atoms with Gasteiger partial charge in [-0.15, -0.1) is 0 Å². The van der Waals surface area contributed by atoms with Gasteiger partial charge in [-0.25, -0.2) is 14.4 Å². The summed E-state index contributed by atoms with van der Waals surface area (Å²) in [7, 11) is 0. The van der Waals surface area contributed by atoms with Crippen LogP contribution >= 0.6 is 0 Å². The Balaban J connectivity index is 1.60. The molecule has 2 atom stereocenters. The number of fused-ring (bicyclic) bond motifs is 1. The number of carbonyl (C=O) groups excluding carboxylic acids is 1. The average Bonchev–Trinajstić information content (AvgIpc) is 3.13. The van der Waals surface area contributed by atoms with Gasteiger partial charge in [0.05, 0.1) is 23.6 Å². The van der Waals surface area contributed by atoms with Crippen molar-refractivity contribution >= 4 is 17.4 Å². The molecule has 2 unspecified atom stereocenters. The summed E-state index contributed by atoms with van der Waals surface area (Å²) in [6.07, 6.45) is 3.14. The van der Waals surface area contributed by atoms with E-state index in [2.05, 4.69) is 25.9 Å². The fourth-order valence-electron chi connectivity index (χ4n) is 3.39. The number of hydrogen-bond acceptors (Lipinski definition) is 5. The van der Waals surface area contributed by atoms with Gasteiger partial charge in [0.25, 0.3) is 5.91 Å². The molecule has 0 saturated carbocycles. The second kappa shape index (κ2) is 7.93. The van der Waals surface area contributed by atoms with Gasteiger partial charge in [0.15, 0.2) is 0 Å². The van der Waals surface area contributed by atoms with Crippen molar-refractivity contribution in [2.45, 2.75) is 25.6 Å². The molecule has 1 saturated heterocycles. The highest BCUT2D eigenvalue weighted by Gasteiger charge is 2.24. The van der Waals surface area contributed by atoms with Crippen LogP contribution < -0.4 is 16.0 Å². The molecule has 3 aromatic rings. The van der Waals surface area contributed by atoms with Crippen LogP contribution in [-0.4, -0.2) is 52.1 Å². The van der Waals surface area contributed by atoms with Crippen LogP contribution in [0.25, 0.3) is 17.0 Å². The maximum absolute atomic E-state index is 14.1. The van der Waals surface area contributed by atoms with Gasteiger partial charge < -0.3 is 16.0 Å². The minimum atomic E-state index is -0.893. The number of amides is 1. The number of anilines is 1. The Morgan fingerprint density at radius 3 is 3.11 bits per heavy atom. The minimum Gasteiger partial charge on any atom is -0.363 e. The first kappa shape index (κ1) is 18.4. The Morgan fingerprint density at radius 2 is 2.29 bits per heavy atom. The summed E-state index contributed by atoms with van der Waals surface area (Å²) in [5.74, 6) is 0.503. The number of aromatic nitrogens is 3. The maximum atomic E-state index is 14.1. The Hall–Kier alpha value is -3.00. The number of halogens is 1. The van der Waals surface area contributed by atoms with Crippen molar-refractivity contribution in [2.75, 3.05) is 25.0 Å². The number of piperidine rings is 1. The third-order valence-electron chi connectivity index (χ3n) is 4.86. The SMILES string of the molecule is CCNC(=O)c1ccn2c(-c3cccc(NC4CNCCC4F)n3)cnc2c1. The summed E-state index contributed by atoms with van der Waals surface area (Å²) in [4.78, 5) is 21.1. The Kier molecular flexibility index (Phi) is 5.21. The minimum absolute atomic E-state index is 0.124. The predicted octanol–water partition coefficient (Wildman–Crippen LogP) is 2.26. The average molecular weight is 382 g/mol. The first-order valence-corrected chi connectivity index (χ1v) is 9.50. The summed E-state index contributed by atoms with van der Waals surface area (Å²) in [5, 5.41) is 9.17. The quantitative estimate of drug-likeness (QED) is 0.631. The van der Waals surface area contributed by atoms with Crippen LogP contribution in [0, 0.1) is 0 Å². The largest absolute Gasteiger partial charge is 0.363 e. The Morgan fingerprint density at radius 1 is 1.39 bits per heavy atom. The predicted molar refractivity (Wildman–Crippen MR) is 106 cm³/mol. The zero-order valence-corrected chi connectivity index (χ0v) is 15.7. The van der Waals surface area contributed by atoms with Crippen molar-refractivity contribution in [3.05, 3.63) is 48.3 Å². The second-order valence-corrected chi connectivity index (χ2v) is 6.81. The molecule has 0 radical (unpaired) electrons. The van der Waals surface area contributed by atoms with Crippen LogP contribution in [0.3, 0.4) is 0 Å². The summed E-state index contributed by atoms with van der Waals surface area (Å²) < 4.78 is 16.0. The zero-order valence-electron chi connectivity index (χ0n) is 15.7. The molecule has 8 heteroatoms. The van der Waals surface area contributed by atoms with Crippen LogP contribution in [0.1, 0.15) is 23.7 Å². The summed E-state index contributed by atoms with van der Waals surface area (Å²) in [6, 6.07) is 8.82. The highest BCUT2D eigenvalue weighted by Crippen LogP contribution is 2.22. The normalized spacial score (nSPS) is 19.5. The molecule has 1 aliphatic rings. The van der Waals surface area contributed by atoms with E-state index < -0.39 is 6.17 Å². The van der Waals surface area contributed by atoms with E-state index in [4.69, 9.17) is 0 Å². The van der Waals surface area contributed by atoms with Crippen molar-refractivity contribution < 1.29 is 9.18 Å². The van der Waals surface area contributed by atoms with Crippen molar-refractivity contribution in [1.82, 2.24) is 25.0 Å². The third-order valence-corrected chi connectivity index (χ3v) is 4.86. The Labute approximate surface area is 162 Å². The van der Waals surface area contributed by atoms with Crippen LogP contribution in [0.15, 0.2) is 42.7 Å². The van der Waals surface area contributed by atoms with Crippen LogP contribution in [0.5, 0.6) is 0 Å². The summed E-state index contributed by atoms with van der Waals surface area (Å²) in [5.41, 5.74) is 2.76. The summed E-state index contributed by atoms with van der Waals surface area (Å²) in [6.45, 7) is 3.73. The highest BCUT2D eigenvalue weighted by atomic mass is 19.1. The topological polar surface area (TPSA) is 83.4 Å². The van der Waals surface area contributed by atoms with Crippen LogP contribution in [0.4, 0.5) is 10.2 Å². The lowest BCUT2D eigenvalue weighted by Gasteiger charge is -2.28. The molecule has 1 aliphatic heterocycles. The van der Waals surface area contributed by atoms with Crippen LogP contribution in [0.2, 0.25) is 0 Å². The molecule has 146 valence electrons. The molecule has 3 aromatic heterocycles. The van der Waals surface area contributed by atoms with Gasteiger partial charge in [-0.3, -0.25) is 9.20 Å². The molecular weight excluding hydrogens is 359 g/mol. The van der Waals surface area contributed by atoms with Crippen molar-refractivity contribution in [2.24, 2.45) is 0 Å². The molecule has 28 heavy (non-hydrogen) atoms. The molecule has 4 rings (SSSR count). The van der Waals surface area contributed by atoms with Gasteiger partial charge in [0.1, 0.15) is 17.6 Å². The van der Waals surface area contributed by atoms with E-state index in [0.29, 0.717) is 43.1 Å². The molecule has 0 bridgehead atoms. The molecular formula is C20H23FN6O. The second-order valence-electron chi connectivity index (χ2n) is 6.81. The number of rotatable bonds is 5. The van der Waals surface area contributed by atoms with Gasteiger partial charge in [-0.05, 0) is 44.2 Å². The number of pyridine rings is 2. The van der Waals surface area contributed by atoms with Gasteiger partial charge in [0.2, 0.25) is 0 Å². The lowest BCUT2D eigenvalue weighted by molar-refractivity contribution is 0.0956. The van der Waals surface area contributed by atoms with E-state index in [9.17, 15) is 9.18 Å². The van der Waals surface area contributed by atoms with Crippen molar-refractivity contribution in [3.63, 3.8) is 0 Å². The van der Waals surface area contributed by atoms with E-state index in [1.807, 2.05) is 35.7 Å². The smallest absolute Gasteiger partial charge is 0.251 e. The summed E-state index contributed by atoms with van der Waals surface area (Å²) >= 11 is 0. The lowest BCUT2D eigenvalue weighted by atomic mass is 10.1. The molecule has 0 aromatic carbocycles. The van der Waals surface area contributed by atoms with Gasteiger partial charge in [-0.2, -0.15) is 0 Å². The maximum Gasteiger partial charge on any atom is 0.251 e. The molecule has 4 heterocycles.